The number of alkyl halides is 6. The number of carbonyl (C=O) groups excluding carboxylic acids is 1. The summed E-state index contributed by atoms with van der Waals surface area (Å²) >= 11 is 2.43. The Morgan fingerprint density at radius 1 is 1.29 bits per heavy atom. The Hall–Kier alpha value is -1.38. The smallest absolute Gasteiger partial charge is 0.323 e. The lowest BCUT2D eigenvalue weighted by atomic mass is 10.0. The number of benzene rings is 1. The van der Waals surface area contributed by atoms with Gasteiger partial charge in [-0.25, -0.2) is 4.79 Å². The van der Waals surface area contributed by atoms with E-state index in [0.29, 0.717) is 11.3 Å². The summed E-state index contributed by atoms with van der Waals surface area (Å²) in [7, 11) is 1.49. The van der Waals surface area contributed by atoms with Crippen LogP contribution in [0.3, 0.4) is 0 Å². The van der Waals surface area contributed by atoms with Gasteiger partial charge in [0.25, 0.3) is 0 Å². The largest absolute Gasteiger partial charge is 0.454 e. The molecule has 9 heteroatoms. The Bertz CT molecular complexity index is 575. The molecule has 0 radical (unpaired) electrons. The maximum Gasteiger partial charge on any atom is 0.454 e. The van der Waals surface area contributed by atoms with Crippen LogP contribution in [0.4, 0.5) is 32.4 Å². The molecule has 0 fully saturated rings. The highest BCUT2D eigenvalue weighted by Gasteiger charge is 2.62. The van der Waals surface area contributed by atoms with E-state index < -0.39 is 16.9 Å². The number of hydrogen-bond acceptors (Lipinski definition) is 1. The van der Waals surface area contributed by atoms with E-state index >= 15 is 0 Å². The molecule has 3 nitrogen and oxygen atoms in total. The lowest BCUT2D eigenvalue weighted by Crippen LogP contribution is -2.40. The Morgan fingerprint density at radius 3 is 2.48 bits per heavy atom. The van der Waals surface area contributed by atoms with Gasteiger partial charge in [-0.2, -0.15) is 22.0 Å². The second-order valence-corrected chi connectivity index (χ2v) is 5.60. The highest BCUT2D eigenvalue weighted by Crippen LogP contribution is 2.49. The van der Waals surface area contributed by atoms with E-state index in [1.54, 1.807) is 0 Å². The van der Waals surface area contributed by atoms with Gasteiger partial charge in [0.05, 0.1) is 0 Å². The Labute approximate surface area is 125 Å². The Morgan fingerprint density at radius 2 is 1.90 bits per heavy atom. The molecule has 1 aromatic carbocycles. The molecule has 0 aliphatic carbocycles. The summed E-state index contributed by atoms with van der Waals surface area (Å²) in [6.45, 7) is 0.131. The monoisotopic (exact) mass is 372 g/mol. The average molecular weight is 373 g/mol. The normalized spacial score (nSPS) is 17.3. The fraction of sp³-hybridized carbons (Fsp3) is 0.417. The molecule has 0 spiro atoms. The van der Waals surface area contributed by atoms with Crippen molar-refractivity contribution in [3.63, 3.8) is 0 Å². The number of amides is 2. The van der Waals surface area contributed by atoms with Gasteiger partial charge in [-0.15, -0.1) is 0 Å². The van der Waals surface area contributed by atoms with Crippen LogP contribution >= 0.6 is 15.9 Å². The molecular formula is C12H10BrF5N2O. The quantitative estimate of drug-likeness (QED) is 0.609. The number of rotatable bonds is 2. The first kappa shape index (κ1) is 16.0. The topological polar surface area (TPSA) is 32.3 Å². The van der Waals surface area contributed by atoms with Gasteiger partial charge in [0, 0.05) is 19.3 Å². The van der Waals surface area contributed by atoms with E-state index in [1.165, 1.54) is 24.1 Å². The fourth-order valence-corrected chi connectivity index (χ4v) is 2.46. The van der Waals surface area contributed by atoms with Gasteiger partial charge in [-0.3, -0.25) is 0 Å². The van der Waals surface area contributed by atoms with E-state index in [4.69, 9.17) is 0 Å². The minimum absolute atomic E-state index is 0.131. The number of fused-ring (bicyclic) bond motifs is 1. The van der Waals surface area contributed by atoms with Crippen molar-refractivity contribution in [1.29, 1.82) is 0 Å². The number of halogens is 6. The number of carbonyl (C=O) groups is 1. The van der Waals surface area contributed by atoms with Gasteiger partial charge >= 0.3 is 18.1 Å². The van der Waals surface area contributed by atoms with Crippen molar-refractivity contribution in [3.05, 3.63) is 29.3 Å². The van der Waals surface area contributed by atoms with Crippen molar-refractivity contribution in [2.24, 2.45) is 0 Å². The van der Waals surface area contributed by atoms with Crippen LogP contribution in [0.1, 0.15) is 16.0 Å². The van der Waals surface area contributed by atoms with Gasteiger partial charge in [-0.05, 0) is 17.2 Å². The zero-order valence-corrected chi connectivity index (χ0v) is 12.2. The van der Waals surface area contributed by atoms with Crippen LogP contribution in [-0.4, -0.2) is 30.1 Å². The second-order valence-electron chi connectivity index (χ2n) is 4.69. The summed E-state index contributed by atoms with van der Waals surface area (Å²) in [6, 6.07) is 3.30. The highest BCUT2D eigenvalue weighted by molar-refractivity contribution is 9.09. The summed E-state index contributed by atoms with van der Waals surface area (Å²) in [5.41, 5.74) is 0.662. The number of nitrogens with zero attached hydrogens (tertiary/aromatic N) is 1. The van der Waals surface area contributed by atoms with Crippen LogP contribution in [0.2, 0.25) is 0 Å². The molecule has 1 aliphatic heterocycles. The van der Waals surface area contributed by atoms with E-state index in [0.717, 1.165) is 6.07 Å². The highest BCUT2D eigenvalue weighted by atomic mass is 79.9. The minimum atomic E-state index is -5.65. The molecule has 116 valence electrons. The van der Waals surface area contributed by atoms with Crippen LogP contribution < -0.4 is 5.32 Å². The summed E-state index contributed by atoms with van der Waals surface area (Å²) in [5.74, 6) is -4.90. The van der Waals surface area contributed by atoms with Crippen LogP contribution in [0.15, 0.2) is 18.2 Å². The molecule has 2 rings (SSSR count). The number of hydrogen-bond donors (Lipinski definition) is 1. The molecule has 1 aromatic rings. The first-order valence-electron chi connectivity index (χ1n) is 5.77. The molecule has 1 aliphatic rings. The summed E-state index contributed by atoms with van der Waals surface area (Å²) < 4.78 is 63.8. The summed E-state index contributed by atoms with van der Waals surface area (Å²) in [4.78, 5) is 10.5. The Kier molecular flexibility index (Phi) is 3.90. The van der Waals surface area contributed by atoms with Crippen molar-refractivity contribution in [1.82, 2.24) is 4.90 Å². The van der Waals surface area contributed by atoms with Gasteiger partial charge in [0.2, 0.25) is 0 Å². The molecule has 0 saturated heterocycles. The van der Waals surface area contributed by atoms with Crippen LogP contribution in [0, 0.1) is 0 Å². The summed E-state index contributed by atoms with van der Waals surface area (Å²) in [6.07, 6.45) is -5.65. The SMILES string of the molecule is CN1Cc2cc(C(Br)C(F)(F)C(F)(F)F)ccc2NC1=O. The standard InChI is InChI=1S/C12H10BrF5N2O/c1-20-5-7-4-6(2-3-8(7)19-10(20)21)9(13)11(14,15)12(16,17)18/h2-4,9H,5H2,1H3,(H,19,21). The minimum Gasteiger partial charge on any atom is -0.323 e. The molecule has 1 unspecified atom stereocenters. The summed E-state index contributed by atoms with van der Waals surface area (Å²) in [5, 5.41) is 2.51. The third-order valence-electron chi connectivity index (χ3n) is 3.11. The molecule has 1 atom stereocenters. The van der Waals surface area contributed by atoms with E-state index in [1.807, 2.05) is 0 Å². The lowest BCUT2D eigenvalue weighted by Gasteiger charge is -2.28. The fourth-order valence-electron chi connectivity index (χ4n) is 1.92. The molecule has 0 bridgehead atoms. The van der Waals surface area contributed by atoms with Crippen LogP contribution in [-0.2, 0) is 6.54 Å². The van der Waals surface area contributed by atoms with Gasteiger partial charge in [0.15, 0.2) is 0 Å². The van der Waals surface area contributed by atoms with E-state index in [-0.39, 0.29) is 18.1 Å². The Balaban J connectivity index is 2.35. The van der Waals surface area contributed by atoms with Gasteiger partial charge in [-0.1, -0.05) is 28.1 Å². The van der Waals surface area contributed by atoms with E-state index in [9.17, 15) is 26.7 Å². The zero-order chi connectivity index (χ0) is 16.0. The number of urea groups is 1. The number of anilines is 1. The van der Waals surface area contributed by atoms with Crippen molar-refractivity contribution >= 4 is 27.6 Å². The van der Waals surface area contributed by atoms with Crippen molar-refractivity contribution in [2.75, 3.05) is 12.4 Å². The zero-order valence-electron chi connectivity index (χ0n) is 10.6. The van der Waals surface area contributed by atoms with Crippen molar-refractivity contribution < 1.29 is 26.7 Å². The lowest BCUT2D eigenvalue weighted by molar-refractivity contribution is -0.281. The van der Waals surface area contributed by atoms with Crippen LogP contribution in [0.5, 0.6) is 0 Å². The average Bonchev–Trinajstić information content (AvgIpc) is 2.37. The van der Waals surface area contributed by atoms with Crippen molar-refractivity contribution in [3.8, 4) is 0 Å². The molecule has 1 heterocycles. The molecule has 0 aromatic heterocycles. The molecule has 21 heavy (non-hydrogen) atoms. The molecule has 1 N–H and O–H groups in total. The predicted molar refractivity (Wildman–Crippen MR) is 69.6 cm³/mol. The molecule has 0 saturated carbocycles. The predicted octanol–water partition coefficient (Wildman–Crippen LogP) is 4.30. The van der Waals surface area contributed by atoms with Gasteiger partial charge < -0.3 is 10.2 Å². The maximum absolute atomic E-state index is 13.3. The third-order valence-corrected chi connectivity index (χ3v) is 4.22. The van der Waals surface area contributed by atoms with Crippen molar-refractivity contribution in [2.45, 2.75) is 23.5 Å². The second kappa shape index (κ2) is 5.11. The number of nitrogens with one attached hydrogen (secondary N) is 1. The molecular weight excluding hydrogens is 363 g/mol. The van der Waals surface area contributed by atoms with Gasteiger partial charge in [0.1, 0.15) is 4.83 Å². The third kappa shape index (κ3) is 2.83. The first-order chi connectivity index (χ1) is 9.54. The maximum atomic E-state index is 13.3. The van der Waals surface area contributed by atoms with E-state index in [2.05, 4.69) is 21.2 Å². The van der Waals surface area contributed by atoms with Crippen LogP contribution in [0.25, 0.3) is 0 Å². The first-order valence-corrected chi connectivity index (χ1v) is 6.69. The molecule has 2 amide bonds.